The van der Waals surface area contributed by atoms with Gasteiger partial charge in [0.05, 0.1) is 0 Å². The molecule has 0 radical (unpaired) electrons. The van der Waals surface area contributed by atoms with Gasteiger partial charge in [-0.05, 0) is 32.4 Å². The van der Waals surface area contributed by atoms with Crippen LogP contribution in [0.3, 0.4) is 0 Å². The number of hydrogen-bond acceptors (Lipinski definition) is 2. The number of rotatable bonds is 6. The molecule has 4 heteroatoms. The van der Waals surface area contributed by atoms with Gasteiger partial charge in [-0.2, -0.15) is 0 Å². The Morgan fingerprint density at radius 1 is 1.39 bits per heavy atom. The number of halogens is 1. The highest BCUT2D eigenvalue weighted by atomic mass is 32.2. The largest absolute Gasteiger partial charge is 0.351 e. The quantitative estimate of drug-likeness (QED) is 0.799. The van der Waals surface area contributed by atoms with Crippen LogP contribution >= 0.6 is 11.8 Å². The molecule has 1 aromatic rings. The van der Waals surface area contributed by atoms with Crippen molar-refractivity contribution in [3.05, 3.63) is 30.1 Å². The van der Waals surface area contributed by atoms with Crippen LogP contribution in [0.25, 0.3) is 0 Å². The highest BCUT2D eigenvalue weighted by Crippen LogP contribution is 2.21. The Morgan fingerprint density at radius 2 is 2.06 bits per heavy atom. The highest BCUT2D eigenvalue weighted by Gasteiger charge is 2.17. The molecule has 0 aliphatic rings. The van der Waals surface area contributed by atoms with Gasteiger partial charge in [0, 0.05) is 22.6 Å². The van der Waals surface area contributed by atoms with Gasteiger partial charge in [0.25, 0.3) is 0 Å². The lowest BCUT2D eigenvalue weighted by Gasteiger charge is -2.24. The molecule has 1 amide bonds. The first-order chi connectivity index (χ1) is 8.44. The molecule has 0 saturated carbocycles. The van der Waals surface area contributed by atoms with E-state index in [1.165, 1.54) is 17.8 Å². The second-order valence-corrected chi connectivity index (χ2v) is 5.95. The number of carbonyl (C=O) groups is 1. The molecule has 0 fully saturated rings. The molecule has 1 rings (SSSR count). The van der Waals surface area contributed by atoms with Gasteiger partial charge < -0.3 is 5.32 Å². The molecule has 2 nitrogen and oxygen atoms in total. The lowest BCUT2D eigenvalue weighted by atomic mass is 10.0. The summed E-state index contributed by atoms with van der Waals surface area (Å²) >= 11 is 1.37. The third-order valence-electron chi connectivity index (χ3n) is 2.79. The molecule has 0 aliphatic heterocycles. The minimum Gasteiger partial charge on any atom is -0.351 e. The Hall–Kier alpha value is -1.03. The van der Waals surface area contributed by atoms with E-state index >= 15 is 0 Å². The lowest BCUT2D eigenvalue weighted by molar-refractivity contribution is -0.122. The van der Waals surface area contributed by atoms with Crippen molar-refractivity contribution >= 4 is 17.7 Å². The summed E-state index contributed by atoms with van der Waals surface area (Å²) in [4.78, 5) is 12.3. The number of benzene rings is 1. The third-order valence-corrected chi connectivity index (χ3v) is 3.84. The van der Waals surface area contributed by atoms with Gasteiger partial charge in [-0.15, -0.1) is 11.8 Å². The van der Waals surface area contributed by atoms with E-state index in [-0.39, 0.29) is 17.3 Å². The SMILES string of the molecule is CCC(C)(C)NC(=O)CCSc1ccccc1F. The molecule has 0 heterocycles. The zero-order valence-electron chi connectivity index (χ0n) is 11.1. The van der Waals surface area contributed by atoms with Crippen LogP contribution in [-0.2, 0) is 4.79 Å². The Balaban J connectivity index is 2.34. The second kappa shape index (κ2) is 6.78. The fourth-order valence-corrected chi connectivity index (χ4v) is 2.23. The number of carbonyl (C=O) groups excluding carboxylic acids is 1. The fraction of sp³-hybridized carbons (Fsp3) is 0.500. The molecule has 0 saturated heterocycles. The first kappa shape index (κ1) is 15.0. The van der Waals surface area contributed by atoms with Crippen LogP contribution in [0.5, 0.6) is 0 Å². The van der Waals surface area contributed by atoms with Gasteiger partial charge in [0.15, 0.2) is 0 Å². The first-order valence-electron chi connectivity index (χ1n) is 6.13. The minimum atomic E-state index is -0.225. The highest BCUT2D eigenvalue weighted by molar-refractivity contribution is 7.99. The van der Waals surface area contributed by atoms with Gasteiger partial charge in [-0.1, -0.05) is 19.1 Å². The Kier molecular flexibility index (Phi) is 5.66. The minimum absolute atomic E-state index is 0.0192. The van der Waals surface area contributed by atoms with E-state index in [1.807, 2.05) is 20.8 Å². The van der Waals surface area contributed by atoms with Gasteiger partial charge in [0.2, 0.25) is 5.91 Å². The van der Waals surface area contributed by atoms with E-state index in [9.17, 15) is 9.18 Å². The number of thioether (sulfide) groups is 1. The maximum absolute atomic E-state index is 13.3. The summed E-state index contributed by atoms with van der Waals surface area (Å²) in [5.74, 6) is 0.384. The molecule has 0 spiro atoms. The summed E-state index contributed by atoms with van der Waals surface area (Å²) in [6.45, 7) is 6.03. The fourth-order valence-electron chi connectivity index (χ4n) is 1.34. The van der Waals surface area contributed by atoms with Crippen molar-refractivity contribution in [2.75, 3.05) is 5.75 Å². The average Bonchev–Trinajstić information content (AvgIpc) is 2.31. The molecular weight excluding hydrogens is 249 g/mol. The molecule has 0 aliphatic carbocycles. The van der Waals surface area contributed by atoms with E-state index in [1.54, 1.807) is 18.2 Å². The van der Waals surface area contributed by atoms with Crippen LogP contribution in [0.4, 0.5) is 4.39 Å². The normalized spacial score (nSPS) is 11.3. The van der Waals surface area contributed by atoms with Crippen molar-refractivity contribution in [1.29, 1.82) is 0 Å². The molecular formula is C14H20FNOS. The summed E-state index contributed by atoms with van der Waals surface area (Å²) in [5, 5.41) is 2.96. The molecule has 0 unspecified atom stereocenters. The molecule has 1 N–H and O–H groups in total. The van der Waals surface area contributed by atoms with Crippen LogP contribution in [-0.4, -0.2) is 17.2 Å². The Bertz CT molecular complexity index is 407. The van der Waals surface area contributed by atoms with Crippen LogP contribution in [0.15, 0.2) is 29.2 Å². The van der Waals surface area contributed by atoms with Crippen LogP contribution < -0.4 is 5.32 Å². The van der Waals surface area contributed by atoms with Gasteiger partial charge >= 0.3 is 0 Å². The van der Waals surface area contributed by atoms with Crippen molar-refractivity contribution in [2.45, 2.75) is 44.0 Å². The van der Waals surface area contributed by atoms with Crippen LogP contribution in [0.2, 0.25) is 0 Å². The number of amides is 1. The van der Waals surface area contributed by atoms with Crippen molar-refractivity contribution in [1.82, 2.24) is 5.32 Å². The van der Waals surface area contributed by atoms with Gasteiger partial charge in [-0.25, -0.2) is 4.39 Å². The summed E-state index contributed by atoms with van der Waals surface area (Å²) in [6, 6.07) is 6.62. The van der Waals surface area contributed by atoms with Crippen LogP contribution in [0, 0.1) is 5.82 Å². The van der Waals surface area contributed by atoms with E-state index in [0.717, 1.165) is 6.42 Å². The third kappa shape index (κ3) is 5.08. The van der Waals surface area contributed by atoms with Crippen LogP contribution in [0.1, 0.15) is 33.6 Å². The standard InChI is InChI=1S/C14H20FNOS/c1-4-14(2,3)16-13(17)9-10-18-12-8-6-5-7-11(12)15/h5-8H,4,9-10H2,1-3H3,(H,16,17). The molecule has 1 aromatic carbocycles. The summed E-state index contributed by atoms with van der Waals surface area (Å²) in [6.07, 6.45) is 1.29. The Morgan fingerprint density at radius 3 is 2.67 bits per heavy atom. The average molecular weight is 269 g/mol. The predicted octanol–water partition coefficient (Wildman–Crippen LogP) is 3.61. The van der Waals surface area contributed by atoms with E-state index < -0.39 is 0 Å². The molecule has 100 valence electrons. The second-order valence-electron chi connectivity index (χ2n) is 4.81. The van der Waals surface area contributed by atoms with Gasteiger partial charge in [-0.3, -0.25) is 4.79 Å². The van der Waals surface area contributed by atoms with E-state index in [2.05, 4.69) is 5.32 Å². The summed E-state index contributed by atoms with van der Waals surface area (Å²) < 4.78 is 13.3. The molecule has 0 atom stereocenters. The van der Waals surface area contributed by atoms with Crippen molar-refractivity contribution < 1.29 is 9.18 Å². The van der Waals surface area contributed by atoms with Gasteiger partial charge in [0.1, 0.15) is 5.82 Å². The zero-order chi connectivity index (χ0) is 13.6. The van der Waals surface area contributed by atoms with Crippen molar-refractivity contribution in [3.8, 4) is 0 Å². The van der Waals surface area contributed by atoms with Crippen molar-refractivity contribution in [3.63, 3.8) is 0 Å². The topological polar surface area (TPSA) is 29.1 Å². The maximum Gasteiger partial charge on any atom is 0.221 e. The lowest BCUT2D eigenvalue weighted by Crippen LogP contribution is -2.42. The summed E-state index contributed by atoms with van der Waals surface area (Å²) in [5.41, 5.74) is -0.167. The van der Waals surface area contributed by atoms with E-state index in [0.29, 0.717) is 17.1 Å². The molecule has 18 heavy (non-hydrogen) atoms. The maximum atomic E-state index is 13.3. The zero-order valence-corrected chi connectivity index (χ0v) is 11.9. The molecule has 0 bridgehead atoms. The number of nitrogens with one attached hydrogen (secondary N) is 1. The number of hydrogen-bond donors (Lipinski definition) is 1. The smallest absolute Gasteiger partial charge is 0.221 e. The van der Waals surface area contributed by atoms with E-state index in [4.69, 9.17) is 0 Å². The first-order valence-corrected chi connectivity index (χ1v) is 7.11. The predicted molar refractivity (Wildman–Crippen MR) is 74.3 cm³/mol. The summed E-state index contributed by atoms with van der Waals surface area (Å²) in [7, 11) is 0. The Labute approximate surface area is 112 Å². The van der Waals surface area contributed by atoms with Crippen molar-refractivity contribution in [2.24, 2.45) is 0 Å². The molecule has 0 aromatic heterocycles. The monoisotopic (exact) mass is 269 g/mol.